The lowest BCUT2D eigenvalue weighted by molar-refractivity contribution is -0.131. The lowest BCUT2D eigenvalue weighted by atomic mass is 9.82. The normalized spacial score (nSPS) is 22.1. The number of hydrogen-bond donors (Lipinski definition) is 2. The summed E-state index contributed by atoms with van der Waals surface area (Å²) in [5.41, 5.74) is 1.55. The van der Waals surface area contributed by atoms with Gasteiger partial charge in [0.15, 0.2) is 0 Å². The van der Waals surface area contributed by atoms with Gasteiger partial charge in [0.1, 0.15) is 0 Å². The fraction of sp³-hybridized carbons (Fsp3) is 0.412. The monoisotopic (exact) mass is 287 g/mol. The van der Waals surface area contributed by atoms with Crippen LogP contribution in [0, 0.1) is 11.8 Å². The molecule has 0 bridgehead atoms. The molecule has 0 heterocycles. The van der Waals surface area contributed by atoms with Crippen LogP contribution in [0.5, 0.6) is 0 Å². The zero-order chi connectivity index (χ0) is 15.2. The van der Waals surface area contributed by atoms with Crippen LogP contribution in [-0.2, 0) is 9.59 Å². The highest BCUT2D eigenvalue weighted by Gasteiger charge is 2.24. The van der Waals surface area contributed by atoms with Crippen LogP contribution in [0.15, 0.2) is 30.3 Å². The van der Waals surface area contributed by atoms with E-state index in [4.69, 9.17) is 5.11 Å². The fourth-order valence-corrected chi connectivity index (χ4v) is 2.61. The third-order valence-corrected chi connectivity index (χ3v) is 3.98. The fourth-order valence-electron chi connectivity index (χ4n) is 2.61. The van der Waals surface area contributed by atoms with Crippen LogP contribution >= 0.6 is 0 Å². The lowest BCUT2D eigenvalue weighted by Crippen LogP contribution is -2.26. The first-order chi connectivity index (χ1) is 10.0. The SMILES string of the molecule is CC1CCC(C(=O)Nc2ccc(/C=C/C(=O)O)cc2)CC1. The summed E-state index contributed by atoms with van der Waals surface area (Å²) in [6.45, 7) is 2.23. The smallest absolute Gasteiger partial charge is 0.328 e. The number of anilines is 1. The molecule has 2 rings (SSSR count). The van der Waals surface area contributed by atoms with Crippen molar-refractivity contribution in [3.63, 3.8) is 0 Å². The molecule has 0 saturated heterocycles. The number of carboxylic acid groups (broad SMARTS) is 1. The van der Waals surface area contributed by atoms with Crippen LogP contribution in [0.25, 0.3) is 6.08 Å². The van der Waals surface area contributed by atoms with Gasteiger partial charge in [-0.2, -0.15) is 0 Å². The summed E-state index contributed by atoms with van der Waals surface area (Å²) in [6.07, 6.45) is 6.79. The Bertz CT molecular complexity index is 525. The second-order valence-corrected chi connectivity index (χ2v) is 5.74. The van der Waals surface area contributed by atoms with E-state index in [9.17, 15) is 9.59 Å². The predicted molar refractivity (Wildman–Crippen MR) is 82.9 cm³/mol. The minimum Gasteiger partial charge on any atom is -0.478 e. The number of carboxylic acids is 1. The van der Waals surface area contributed by atoms with E-state index < -0.39 is 5.97 Å². The van der Waals surface area contributed by atoms with Crippen molar-refractivity contribution in [3.8, 4) is 0 Å². The van der Waals surface area contributed by atoms with Gasteiger partial charge in [0.05, 0.1) is 0 Å². The average molecular weight is 287 g/mol. The molecule has 1 fully saturated rings. The highest BCUT2D eigenvalue weighted by molar-refractivity contribution is 5.92. The molecule has 1 saturated carbocycles. The standard InChI is InChI=1S/C17H21NO3/c1-12-2-7-14(8-3-12)17(21)18-15-9-4-13(5-10-15)6-11-16(19)20/h4-6,9-12,14H,2-3,7-8H2,1H3,(H,18,21)(H,19,20)/b11-6+. The van der Waals surface area contributed by atoms with Gasteiger partial charge in [-0.15, -0.1) is 0 Å². The number of nitrogens with one attached hydrogen (secondary N) is 1. The molecular weight excluding hydrogens is 266 g/mol. The highest BCUT2D eigenvalue weighted by Crippen LogP contribution is 2.29. The highest BCUT2D eigenvalue weighted by atomic mass is 16.4. The molecule has 0 aliphatic heterocycles. The first kappa shape index (κ1) is 15.3. The maximum atomic E-state index is 12.2. The third kappa shape index (κ3) is 4.74. The minimum atomic E-state index is -0.973. The first-order valence-corrected chi connectivity index (χ1v) is 7.36. The van der Waals surface area contributed by atoms with Crippen molar-refractivity contribution in [2.45, 2.75) is 32.6 Å². The van der Waals surface area contributed by atoms with Crippen molar-refractivity contribution in [1.82, 2.24) is 0 Å². The molecule has 2 N–H and O–H groups in total. The molecule has 1 aromatic rings. The number of hydrogen-bond acceptors (Lipinski definition) is 2. The zero-order valence-electron chi connectivity index (χ0n) is 12.2. The van der Waals surface area contributed by atoms with Crippen LogP contribution < -0.4 is 5.32 Å². The maximum absolute atomic E-state index is 12.2. The lowest BCUT2D eigenvalue weighted by Gasteiger charge is -2.25. The van der Waals surface area contributed by atoms with Crippen molar-refractivity contribution >= 4 is 23.6 Å². The quantitative estimate of drug-likeness (QED) is 0.832. The molecule has 0 aromatic heterocycles. The summed E-state index contributed by atoms with van der Waals surface area (Å²) in [5, 5.41) is 11.5. The molecule has 0 spiro atoms. The molecule has 1 aromatic carbocycles. The van der Waals surface area contributed by atoms with E-state index in [2.05, 4.69) is 12.2 Å². The Balaban J connectivity index is 1.91. The van der Waals surface area contributed by atoms with E-state index in [1.807, 2.05) is 0 Å². The number of carbonyl (C=O) groups excluding carboxylic acids is 1. The van der Waals surface area contributed by atoms with Gasteiger partial charge in [-0.05, 0) is 55.4 Å². The van der Waals surface area contributed by atoms with Gasteiger partial charge < -0.3 is 10.4 Å². The number of amides is 1. The molecule has 0 atom stereocenters. The van der Waals surface area contributed by atoms with E-state index in [0.717, 1.165) is 48.9 Å². The summed E-state index contributed by atoms with van der Waals surface area (Å²) in [5.74, 6) is -0.0308. The molecule has 4 nitrogen and oxygen atoms in total. The Labute approximate surface area is 124 Å². The van der Waals surface area contributed by atoms with Crippen LogP contribution in [0.2, 0.25) is 0 Å². The Morgan fingerprint density at radius 3 is 2.33 bits per heavy atom. The van der Waals surface area contributed by atoms with Gasteiger partial charge in [-0.3, -0.25) is 4.79 Å². The largest absolute Gasteiger partial charge is 0.478 e. The van der Waals surface area contributed by atoms with Crippen molar-refractivity contribution in [2.75, 3.05) is 5.32 Å². The van der Waals surface area contributed by atoms with Crippen LogP contribution in [0.4, 0.5) is 5.69 Å². The second kappa shape index (κ2) is 7.07. The Hall–Kier alpha value is -2.10. The van der Waals surface area contributed by atoms with Crippen molar-refractivity contribution in [3.05, 3.63) is 35.9 Å². The van der Waals surface area contributed by atoms with Gasteiger partial charge in [-0.25, -0.2) is 4.79 Å². The van der Waals surface area contributed by atoms with Gasteiger partial charge >= 0.3 is 5.97 Å². The van der Waals surface area contributed by atoms with E-state index >= 15 is 0 Å². The molecule has 1 aliphatic carbocycles. The second-order valence-electron chi connectivity index (χ2n) is 5.74. The van der Waals surface area contributed by atoms with E-state index in [1.54, 1.807) is 24.3 Å². The average Bonchev–Trinajstić information content (AvgIpc) is 2.47. The van der Waals surface area contributed by atoms with Gasteiger partial charge in [0.2, 0.25) is 5.91 Å². The van der Waals surface area contributed by atoms with E-state index in [0.29, 0.717) is 0 Å². The topological polar surface area (TPSA) is 66.4 Å². The number of rotatable bonds is 4. The van der Waals surface area contributed by atoms with Crippen molar-refractivity contribution < 1.29 is 14.7 Å². The molecule has 1 amide bonds. The summed E-state index contributed by atoms with van der Waals surface area (Å²) in [4.78, 5) is 22.6. The first-order valence-electron chi connectivity index (χ1n) is 7.36. The van der Waals surface area contributed by atoms with Gasteiger partial charge in [-0.1, -0.05) is 19.1 Å². The molecule has 0 unspecified atom stereocenters. The molecule has 0 radical (unpaired) electrons. The van der Waals surface area contributed by atoms with E-state index in [-0.39, 0.29) is 11.8 Å². The number of aliphatic carboxylic acids is 1. The molecule has 1 aliphatic rings. The summed E-state index contributed by atoms with van der Waals surface area (Å²) in [7, 11) is 0. The van der Waals surface area contributed by atoms with E-state index in [1.165, 1.54) is 6.08 Å². The number of carbonyl (C=O) groups is 2. The zero-order valence-corrected chi connectivity index (χ0v) is 12.2. The molecule has 21 heavy (non-hydrogen) atoms. The molecular formula is C17H21NO3. The van der Waals surface area contributed by atoms with Crippen molar-refractivity contribution in [2.24, 2.45) is 11.8 Å². The molecule has 112 valence electrons. The van der Waals surface area contributed by atoms with Crippen LogP contribution in [0.3, 0.4) is 0 Å². The summed E-state index contributed by atoms with van der Waals surface area (Å²) in [6, 6.07) is 7.17. The third-order valence-electron chi connectivity index (χ3n) is 3.98. The Kier molecular flexibility index (Phi) is 5.14. The Morgan fingerprint density at radius 2 is 1.76 bits per heavy atom. The van der Waals surface area contributed by atoms with Gasteiger partial charge in [0.25, 0.3) is 0 Å². The minimum absolute atomic E-state index is 0.0933. The Morgan fingerprint density at radius 1 is 1.14 bits per heavy atom. The summed E-state index contributed by atoms with van der Waals surface area (Å²) < 4.78 is 0. The van der Waals surface area contributed by atoms with Crippen LogP contribution in [0.1, 0.15) is 38.2 Å². The molecule has 4 heteroatoms. The summed E-state index contributed by atoms with van der Waals surface area (Å²) >= 11 is 0. The van der Waals surface area contributed by atoms with Gasteiger partial charge in [0, 0.05) is 17.7 Å². The maximum Gasteiger partial charge on any atom is 0.328 e. The number of benzene rings is 1. The predicted octanol–water partition coefficient (Wildman–Crippen LogP) is 3.55. The van der Waals surface area contributed by atoms with Crippen LogP contribution in [-0.4, -0.2) is 17.0 Å². The van der Waals surface area contributed by atoms with Crippen molar-refractivity contribution in [1.29, 1.82) is 0 Å².